The van der Waals surface area contributed by atoms with Crippen molar-refractivity contribution in [1.82, 2.24) is 4.98 Å². The summed E-state index contributed by atoms with van der Waals surface area (Å²) in [6.07, 6.45) is 4.72. The molecule has 0 fully saturated rings. The van der Waals surface area contributed by atoms with E-state index in [-0.39, 0.29) is 12.5 Å². The molecular formula is C19H24N2O3S. The number of allylic oxidation sites excluding steroid dienone is 1. The number of rotatable bonds is 6. The van der Waals surface area contributed by atoms with Crippen LogP contribution >= 0.6 is 11.3 Å². The van der Waals surface area contributed by atoms with Crippen LogP contribution in [0.3, 0.4) is 0 Å². The largest absolute Gasteiger partial charge is 0.493 e. The highest BCUT2D eigenvalue weighted by Crippen LogP contribution is 2.41. The molecule has 1 unspecified atom stereocenters. The Labute approximate surface area is 152 Å². The normalized spacial score (nSPS) is 16.3. The topological polar surface area (TPSA) is 77.6 Å². The van der Waals surface area contributed by atoms with Crippen LogP contribution in [0, 0.1) is 0 Å². The van der Waals surface area contributed by atoms with Crippen molar-refractivity contribution < 1.29 is 14.6 Å². The standard InChI is InChI=1S/C19H24N2O3S/c1-4-5-18-21-15(10-22)19(25-18)13-6-11-8-16(23-2)17(24-3)9-12(11)7-14(13)20/h7-9,13,22H,4-6,10,20H2,1-3H3. The predicted molar refractivity (Wildman–Crippen MR) is 100 cm³/mol. The molecule has 3 N–H and O–H groups in total. The molecule has 1 aromatic heterocycles. The van der Waals surface area contributed by atoms with Gasteiger partial charge in [0.1, 0.15) is 0 Å². The molecule has 0 amide bonds. The minimum atomic E-state index is -0.0574. The molecule has 25 heavy (non-hydrogen) atoms. The Balaban J connectivity index is 2.00. The van der Waals surface area contributed by atoms with Crippen molar-refractivity contribution in [1.29, 1.82) is 0 Å². The molecule has 6 heteroatoms. The first kappa shape index (κ1) is 17.8. The molecule has 0 radical (unpaired) electrons. The number of aliphatic hydroxyl groups excluding tert-OH is 1. The summed E-state index contributed by atoms with van der Waals surface area (Å²) in [5, 5.41) is 10.8. The zero-order valence-electron chi connectivity index (χ0n) is 14.8. The molecule has 3 rings (SSSR count). The van der Waals surface area contributed by atoms with Crippen LogP contribution in [-0.2, 0) is 19.4 Å². The van der Waals surface area contributed by atoms with Crippen LogP contribution in [0.25, 0.3) is 6.08 Å². The fourth-order valence-electron chi connectivity index (χ4n) is 3.23. The Morgan fingerprint density at radius 1 is 1.28 bits per heavy atom. The molecule has 0 aliphatic heterocycles. The number of aromatic nitrogens is 1. The molecule has 0 bridgehead atoms. The van der Waals surface area contributed by atoms with E-state index < -0.39 is 0 Å². The zero-order chi connectivity index (χ0) is 18.0. The number of methoxy groups -OCH3 is 2. The lowest BCUT2D eigenvalue weighted by Crippen LogP contribution is -2.18. The second kappa shape index (κ2) is 7.45. The van der Waals surface area contributed by atoms with E-state index in [0.717, 1.165) is 51.7 Å². The highest BCUT2D eigenvalue weighted by molar-refractivity contribution is 7.11. The van der Waals surface area contributed by atoms with Crippen LogP contribution in [-0.4, -0.2) is 24.3 Å². The summed E-state index contributed by atoms with van der Waals surface area (Å²) in [5.74, 6) is 1.45. The number of ether oxygens (including phenoxy) is 2. The molecule has 1 atom stereocenters. The number of aryl methyl sites for hydroxylation is 1. The lowest BCUT2D eigenvalue weighted by Gasteiger charge is -2.24. The van der Waals surface area contributed by atoms with Gasteiger partial charge in [0.05, 0.1) is 31.5 Å². The molecule has 5 nitrogen and oxygen atoms in total. The number of benzene rings is 1. The van der Waals surface area contributed by atoms with Crippen LogP contribution in [0.4, 0.5) is 0 Å². The van der Waals surface area contributed by atoms with Crippen molar-refractivity contribution in [2.24, 2.45) is 5.73 Å². The maximum absolute atomic E-state index is 9.71. The second-order valence-corrected chi connectivity index (χ2v) is 7.25. The fraction of sp³-hybridized carbons (Fsp3) is 0.421. The first-order valence-electron chi connectivity index (χ1n) is 8.42. The number of hydrogen-bond acceptors (Lipinski definition) is 6. The molecule has 1 heterocycles. The Morgan fingerprint density at radius 2 is 2.00 bits per heavy atom. The first-order chi connectivity index (χ1) is 12.1. The lowest BCUT2D eigenvalue weighted by molar-refractivity contribution is 0.275. The SMILES string of the molecule is CCCc1nc(CO)c(C2Cc3cc(OC)c(OC)cc3C=C2N)s1. The molecule has 2 aromatic rings. The van der Waals surface area contributed by atoms with Gasteiger partial charge in [-0.3, -0.25) is 0 Å². The molecule has 1 aliphatic carbocycles. The van der Waals surface area contributed by atoms with Crippen LogP contribution < -0.4 is 15.2 Å². The number of aliphatic hydroxyl groups is 1. The number of nitrogens with two attached hydrogens (primary N) is 1. The average Bonchev–Trinajstić information content (AvgIpc) is 3.03. The Hall–Kier alpha value is -2.05. The number of fused-ring (bicyclic) bond motifs is 1. The van der Waals surface area contributed by atoms with Crippen molar-refractivity contribution in [3.05, 3.63) is 44.5 Å². The summed E-state index contributed by atoms with van der Waals surface area (Å²) in [7, 11) is 3.27. The van der Waals surface area contributed by atoms with Gasteiger partial charge in [0, 0.05) is 16.5 Å². The smallest absolute Gasteiger partial charge is 0.161 e. The summed E-state index contributed by atoms with van der Waals surface area (Å²) in [5.41, 5.74) is 10.1. The van der Waals surface area contributed by atoms with Crippen LogP contribution in [0.5, 0.6) is 11.5 Å². The summed E-state index contributed by atoms with van der Waals surface area (Å²) in [6, 6.07) is 3.97. The second-order valence-electron chi connectivity index (χ2n) is 6.13. The molecule has 0 saturated carbocycles. The Bertz CT molecular complexity index is 798. The van der Waals surface area contributed by atoms with Crippen molar-refractivity contribution in [2.45, 2.75) is 38.7 Å². The predicted octanol–water partition coefficient (Wildman–Crippen LogP) is 3.24. The van der Waals surface area contributed by atoms with Crippen LogP contribution in [0.1, 0.15) is 46.0 Å². The van der Waals surface area contributed by atoms with E-state index in [1.807, 2.05) is 18.2 Å². The molecule has 134 valence electrons. The summed E-state index contributed by atoms with van der Waals surface area (Å²) < 4.78 is 10.8. The number of nitrogens with zero attached hydrogens (tertiary/aromatic N) is 1. The third kappa shape index (κ3) is 3.37. The van der Waals surface area contributed by atoms with Gasteiger partial charge in [-0.2, -0.15) is 0 Å². The van der Waals surface area contributed by atoms with Gasteiger partial charge in [-0.25, -0.2) is 4.98 Å². The van der Waals surface area contributed by atoms with Gasteiger partial charge in [0.2, 0.25) is 0 Å². The Kier molecular flexibility index (Phi) is 5.30. The van der Waals surface area contributed by atoms with E-state index in [1.54, 1.807) is 25.6 Å². The molecule has 0 spiro atoms. The summed E-state index contributed by atoms with van der Waals surface area (Å²) >= 11 is 1.66. The van der Waals surface area contributed by atoms with Crippen LogP contribution in [0.15, 0.2) is 17.8 Å². The van der Waals surface area contributed by atoms with Crippen molar-refractivity contribution in [2.75, 3.05) is 14.2 Å². The quantitative estimate of drug-likeness (QED) is 0.827. The first-order valence-corrected chi connectivity index (χ1v) is 9.24. The van der Waals surface area contributed by atoms with E-state index in [9.17, 15) is 5.11 Å². The van der Waals surface area contributed by atoms with Gasteiger partial charge in [-0.05, 0) is 48.6 Å². The minimum Gasteiger partial charge on any atom is -0.493 e. The maximum atomic E-state index is 9.71. The van der Waals surface area contributed by atoms with Gasteiger partial charge >= 0.3 is 0 Å². The number of hydrogen-bond donors (Lipinski definition) is 2. The monoisotopic (exact) mass is 360 g/mol. The van der Waals surface area contributed by atoms with Gasteiger partial charge in [-0.15, -0.1) is 11.3 Å². The van der Waals surface area contributed by atoms with Gasteiger partial charge in [-0.1, -0.05) is 6.92 Å². The highest BCUT2D eigenvalue weighted by Gasteiger charge is 2.27. The molecule has 0 saturated heterocycles. The minimum absolute atomic E-state index is 0.0378. The third-order valence-electron chi connectivity index (χ3n) is 4.50. The van der Waals surface area contributed by atoms with Gasteiger partial charge in [0.15, 0.2) is 11.5 Å². The van der Waals surface area contributed by atoms with E-state index in [0.29, 0.717) is 11.5 Å². The summed E-state index contributed by atoms with van der Waals surface area (Å²) in [4.78, 5) is 5.66. The third-order valence-corrected chi connectivity index (χ3v) is 5.77. The molecular weight excluding hydrogens is 336 g/mol. The zero-order valence-corrected chi connectivity index (χ0v) is 15.7. The van der Waals surface area contributed by atoms with E-state index in [2.05, 4.69) is 11.9 Å². The molecule has 1 aromatic carbocycles. The van der Waals surface area contributed by atoms with Gasteiger partial charge in [0.25, 0.3) is 0 Å². The van der Waals surface area contributed by atoms with Crippen LogP contribution in [0.2, 0.25) is 0 Å². The maximum Gasteiger partial charge on any atom is 0.161 e. The van der Waals surface area contributed by atoms with Gasteiger partial charge < -0.3 is 20.3 Å². The average molecular weight is 360 g/mol. The number of thiazole rings is 1. The van der Waals surface area contributed by atoms with Crippen molar-refractivity contribution >= 4 is 17.4 Å². The van der Waals surface area contributed by atoms with E-state index in [4.69, 9.17) is 15.2 Å². The molecule has 1 aliphatic rings. The highest BCUT2D eigenvalue weighted by atomic mass is 32.1. The Morgan fingerprint density at radius 3 is 2.64 bits per heavy atom. The van der Waals surface area contributed by atoms with E-state index >= 15 is 0 Å². The summed E-state index contributed by atoms with van der Waals surface area (Å²) in [6.45, 7) is 2.07. The van der Waals surface area contributed by atoms with E-state index in [1.165, 1.54) is 0 Å². The van der Waals surface area contributed by atoms with Crippen molar-refractivity contribution in [3.8, 4) is 11.5 Å². The fourth-order valence-corrected chi connectivity index (χ4v) is 4.54. The lowest BCUT2D eigenvalue weighted by atomic mass is 9.85. The van der Waals surface area contributed by atoms with Crippen molar-refractivity contribution in [3.63, 3.8) is 0 Å².